The lowest BCUT2D eigenvalue weighted by Gasteiger charge is -2.35. The predicted molar refractivity (Wildman–Crippen MR) is 80.0 cm³/mol. The third kappa shape index (κ3) is 2.13. The zero-order valence-corrected chi connectivity index (χ0v) is 12.5. The van der Waals surface area contributed by atoms with Gasteiger partial charge in [0.15, 0.2) is 11.2 Å². The summed E-state index contributed by atoms with van der Waals surface area (Å²) in [5, 5.41) is 19.3. The zero-order valence-electron chi connectivity index (χ0n) is 12.5. The number of imidazole rings is 1. The van der Waals surface area contributed by atoms with Crippen molar-refractivity contribution in [3.8, 4) is 0 Å². The van der Waals surface area contributed by atoms with Crippen molar-refractivity contribution in [1.29, 1.82) is 0 Å². The molecule has 0 unspecified atom stereocenters. The molecule has 3 N–H and O–H groups in total. The Hall–Kier alpha value is -2.13. The molecule has 0 saturated carbocycles. The largest absolute Gasteiger partial charge is 0.396 e. The Labute approximate surface area is 125 Å². The first-order chi connectivity index (χ1) is 10.4. The van der Waals surface area contributed by atoms with Gasteiger partial charge in [0.25, 0.3) is 5.56 Å². The molecule has 0 aliphatic carbocycles. The van der Waals surface area contributed by atoms with Gasteiger partial charge < -0.3 is 19.7 Å². The third-order valence-corrected chi connectivity index (χ3v) is 4.35. The van der Waals surface area contributed by atoms with Crippen molar-refractivity contribution < 1.29 is 10.2 Å². The van der Waals surface area contributed by atoms with E-state index >= 15 is 0 Å². The second kappa shape index (κ2) is 5.25. The van der Waals surface area contributed by atoms with Crippen LogP contribution in [0.1, 0.15) is 6.42 Å². The van der Waals surface area contributed by atoms with Crippen LogP contribution < -0.4 is 16.1 Å². The molecule has 120 valence electrons. The van der Waals surface area contributed by atoms with Crippen molar-refractivity contribution >= 4 is 17.1 Å². The lowest BCUT2D eigenvalue weighted by molar-refractivity contribution is 0.0543. The summed E-state index contributed by atoms with van der Waals surface area (Å²) in [7, 11) is 3.25. The van der Waals surface area contributed by atoms with Crippen LogP contribution in [0.15, 0.2) is 9.59 Å². The van der Waals surface area contributed by atoms with E-state index in [0.717, 1.165) is 0 Å². The Balaban J connectivity index is 2.08. The first kappa shape index (κ1) is 14.8. The van der Waals surface area contributed by atoms with Crippen LogP contribution in [0.4, 0.5) is 5.95 Å². The number of aliphatic hydroxyl groups is 2. The Morgan fingerprint density at radius 2 is 2.05 bits per heavy atom. The van der Waals surface area contributed by atoms with Gasteiger partial charge in [-0.1, -0.05) is 0 Å². The van der Waals surface area contributed by atoms with Crippen LogP contribution in [0.5, 0.6) is 0 Å². The minimum Gasteiger partial charge on any atom is -0.396 e. The summed E-state index contributed by atoms with van der Waals surface area (Å²) < 4.78 is 2.91. The molecule has 0 bridgehead atoms. The molecule has 0 radical (unpaired) electrons. The SMILES string of the molecule is Cn1c(N2CC[C@H](CO)[C@H](O)C2)nc2c1c(=O)[nH]c(=O)n2C. The maximum absolute atomic E-state index is 12.0. The number of hydrogen-bond acceptors (Lipinski definition) is 6. The summed E-state index contributed by atoms with van der Waals surface area (Å²) in [6.07, 6.45) is -0.0171. The minimum atomic E-state index is -0.652. The molecule has 3 rings (SSSR count). The Bertz CT molecular complexity index is 820. The Morgan fingerprint density at radius 3 is 2.68 bits per heavy atom. The summed E-state index contributed by atoms with van der Waals surface area (Å²) in [4.78, 5) is 32.2. The number of piperidine rings is 1. The van der Waals surface area contributed by atoms with Crippen LogP contribution in [0, 0.1) is 5.92 Å². The highest BCUT2D eigenvalue weighted by molar-refractivity contribution is 5.74. The topological polar surface area (TPSA) is 116 Å². The number of anilines is 1. The van der Waals surface area contributed by atoms with E-state index in [-0.39, 0.29) is 12.5 Å². The van der Waals surface area contributed by atoms with Crippen molar-refractivity contribution in [2.24, 2.45) is 20.0 Å². The summed E-state index contributed by atoms with van der Waals surface area (Å²) >= 11 is 0. The van der Waals surface area contributed by atoms with E-state index in [4.69, 9.17) is 0 Å². The van der Waals surface area contributed by atoms with Gasteiger partial charge >= 0.3 is 5.69 Å². The van der Waals surface area contributed by atoms with E-state index in [1.807, 2.05) is 4.90 Å². The molecular formula is C13H19N5O4. The first-order valence-electron chi connectivity index (χ1n) is 7.13. The maximum Gasteiger partial charge on any atom is 0.329 e. The molecule has 1 saturated heterocycles. The van der Waals surface area contributed by atoms with Crippen LogP contribution in [-0.4, -0.2) is 55.1 Å². The Kier molecular flexibility index (Phi) is 3.53. The molecule has 0 amide bonds. The van der Waals surface area contributed by atoms with Gasteiger partial charge in [0.1, 0.15) is 0 Å². The van der Waals surface area contributed by atoms with Crippen LogP contribution in [0.2, 0.25) is 0 Å². The number of nitrogens with one attached hydrogen (secondary N) is 1. The van der Waals surface area contributed by atoms with Gasteiger partial charge in [0.2, 0.25) is 5.95 Å². The van der Waals surface area contributed by atoms with Gasteiger partial charge in [-0.05, 0) is 6.42 Å². The fourth-order valence-corrected chi connectivity index (χ4v) is 2.95. The minimum absolute atomic E-state index is 0.0499. The van der Waals surface area contributed by atoms with Crippen LogP contribution in [-0.2, 0) is 14.1 Å². The average Bonchev–Trinajstić information content (AvgIpc) is 2.83. The fourth-order valence-electron chi connectivity index (χ4n) is 2.95. The number of hydrogen-bond donors (Lipinski definition) is 3. The number of β-amino-alcohol motifs (C(OH)–C–C–N with tert-alkyl or cyclic N) is 1. The molecule has 2 aromatic heterocycles. The van der Waals surface area contributed by atoms with E-state index in [0.29, 0.717) is 36.6 Å². The molecule has 9 nitrogen and oxygen atoms in total. The Morgan fingerprint density at radius 1 is 1.32 bits per heavy atom. The number of H-pyrrole nitrogens is 1. The summed E-state index contributed by atoms with van der Waals surface area (Å²) in [6, 6.07) is 0. The van der Waals surface area contributed by atoms with E-state index in [9.17, 15) is 19.8 Å². The van der Waals surface area contributed by atoms with Crippen LogP contribution in [0.25, 0.3) is 11.2 Å². The number of aryl methyl sites for hydroxylation is 2. The molecule has 1 aliphatic rings. The second-order valence-corrected chi connectivity index (χ2v) is 5.71. The summed E-state index contributed by atoms with van der Waals surface area (Å²) in [6.45, 7) is 0.894. The highest BCUT2D eigenvalue weighted by Gasteiger charge is 2.30. The summed E-state index contributed by atoms with van der Waals surface area (Å²) in [5.74, 6) is 0.385. The standard InChI is InChI=1S/C13H19N5O4/c1-16-9-10(17(2)13(22)15-11(9)21)14-12(16)18-4-3-7(6-19)8(20)5-18/h7-8,19-20H,3-6H2,1-2H3,(H,15,21,22)/t7-,8-/m1/s1. The smallest absolute Gasteiger partial charge is 0.329 e. The molecule has 1 fully saturated rings. The zero-order chi connectivity index (χ0) is 16.0. The number of rotatable bonds is 2. The van der Waals surface area contributed by atoms with Crippen molar-refractivity contribution in [3.63, 3.8) is 0 Å². The molecule has 1 aliphatic heterocycles. The number of nitrogens with zero attached hydrogens (tertiary/aromatic N) is 4. The molecule has 2 atom stereocenters. The lowest BCUT2D eigenvalue weighted by atomic mass is 9.95. The average molecular weight is 309 g/mol. The molecule has 0 aromatic carbocycles. The molecule has 2 aromatic rings. The highest BCUT2D eigenvalue weighted by atomic mass is 16.3. The second-order valence-electron chi connectivity index (χ2n) is 5.71. The predicted octanol–water partition coefficient (Wildman–Crippen LogP) is -1.86. The normalized spacial score (nSPS) is 22.5. The third-order valence-electron chi connectivity index (χ3n) is 4.35. The molecule has 22 heavy (non-hydrogen) atoms. The van der Waals surface area contributed by atoms with Crippen molar-refractivity contribution in [2.75, 3.05) is 24.6 Å². The molecular weight excluding hydrogens is 290 g/mol. The number of aliphatic hydroxyl groups excluding tert-OH is 2. The first-order valence-corrected chi connectivity index (χ1v) is 7.13. The number of aromatic nitrogens is 4. The molecule has 0 spiro atoms. The molecule has 3 heterocycles. The van der Waals surface area contributed by atoms with Crippen LogP contribution in [0.3, 0.4) is 0 Å². The summed E-state index contributed by atoms with van der Waals surface area (Å²) in [5.41, 5.74) is -0.368. The maximum atomic E-state index is 12.0. The van der Waals surface area contributed by atoms with Gasteiger partial charge in [-0.2, -0.15) is 4.98 Å². The number of aromatic amines is 1. The van der Waals surface area contributed by atoms with E-state index in [2.05, 4.69) is 9.97 Å². The van der Waals surface area contributed by atoms with Crippen molar-refractivity contribution in [1.82, 2.24) is 19.1 Å². The number of fused-ring (bicyclic) bond motifs is 1. The van der Waals surface area contributed by atoms with Gasteiger partial charge in [0, 0.05) is 39.7 Å². The fraction of sp³-hybridized carbons (Fsp3) is 0.615. The molecule has 9 heteroatoms. The van der Waals surface area contributed by atoms with Gasteiger partial charge in [-0.25, -0.2) is 4.79 Å². The van der Waals surface area contributed by atoms with Gasteiger partial charge in [0.05, 0.1) is 6.10 Å². The van der Waals surface area contributed by atoms with Gasteiger partial charge in [-0.3, -0.25) is 14.3 Å². The van der Waals surface area contributed by atoms with E-state index < -0.39 is 17.4 Å². The monoisotopic (exact) mass is 309 g/mol. The van der Waals surface area contributed by atoms with E-state index in [1.54, 1.807) is 18.7 Å². The van der Waals surface area contributed by atoms with E-state index in [1.165, 1.54) is 4.57 Å². The quantitative estimate of drug-likeness (QED) is 0.599. The van der Waals surface area contributed by atoms with Gasteiger partial charge in [-0.15, -0.1) is 0 Å². The van der Waals surface area contributed by atoms with Crippen molar-refractivity contribution in [3.05, 3.63) is 20.8 Å². The van der Waals surface area contributed by atoms with Crippen LogP contribution >= 0.6 is 0 Å². The van der Waals surface area contributed by atoms with Crippen molar-refractivity contribution in [2.45, 2.75) is 12.5 Å². The highest BCUT2D eigenvalue weighted by Crippen LogP contribution is 2.24. The lowest BCUT2D eigenvalue weighted by Crippen LogP contribution is -2.46.